The normalized spacial score (nSPS) is 11.4. The van der Waals surface area contributed by atoms with E-state index in [0.717, 1.165) is 11.0 Å². The summed E-state index contributed by atoms with van der Waals surface area (Å²) in [4.78, 5) is 29.1. The van der Waals surface area contributed by atoms with Crippen LogP contribution in [0.1, 0.15) is 18.9 Å². The quantitative estimate of drug-likeness (QED) is 0.482. The molecule has 0 radical (unpaired) electrons. The second-order valence-corrected chi connectivity index (χ2v) is 6.23. The van der Waals surface area contributed by atoms with Gasteiger partial charge in [-0.3, -0.25) is 13.9 Å². The van der Waals surface area contributed by atoms with Crippen LogP contribution in [0.2, 0.25) is 0 Å². The molecule has 0 bridgehead atoms. The fourth-order valence-electron chi connectivity index (χ4n) is 2.94. The first-order valence-electron chi connectivity index (χ1n) is 8.72. The molecule has 28 heavy (non-hydrogen) atoms. The van der Waals surface area contributed by atoms with Crippen LogP contribution >= 0.6 is 0 Å². The number of fused-ring (bicyclic) bond motifs is 1. The van der Waals surface area contributed by atoms with E-state index in [1.54, 1.807) is 29.8 Å². The van der Waals surface area contributed by atoms with E-state index in [-0.39, 0.29) is 11.4 Å². The van der Waals surface area contributed by atoms with Crippen molar-refractivity contribution in [3.05, 3.63) is 44.6 Å². The zero-order valence-corrected chi connectivity index (χ0v) is 16.1. The minimum Gasteiger partial charge on any atom is -0.504 e. The van der Waals surface area contributed by atoms with Gasteiger partial charge >= 0.3 is 5.69 Å². The first-order valence-corrected chi connectivity index (χ1v) is 8.72. The predicted molar refractivity (Wildman–Crippen MR) is 106 cm³/mol. The number of nitrogens with zero attached hydrogens (tertiary/aromatic N) is 5. The molecule has 0 aliphatic heterocycles. The number of phenolic OH excluding ortho intramolecular Hbond substituents is 1. The molecular formula is C18H22N6O4. The van der Waals surface area contributed by atoms with E-state index in [2.05, 4.69) is 15.5 Å². The van der Waals surface area contributed by atoms with Crippen molar-refractivity contribution in [3.63, 3.8) is 0 Å². The molecule has 148 valence electrons. The van der Waals surface area contributed by atoms with Crippen LogP contribution in [0.25, 0.3) is 11.2 Å². The summed E-state index contributed by atoms with van der Waals surface area (Å²) in [6, 6.07) is 5.04. The number of hydrogen-bond acceptors (Lipinski definition) is 7. The molecule has 0 saturated carbocycles. The van der Waals surface area contributed by atoms with Crippen LogP contribution < -0.4 is 21.4 Å². The van der Waals surface area contributed by atoms with Crippen LogP contribution in [0.15, 0.2) is 32.9 Å². The van der Waals surface area contributed by atoms with E-state index in [9.17, 15) is 14.7 Å². The largest absolute Gasteiger partial charge is 0.504 e. The van der Waals surface area contributed by atoms with Gasteiger partial charge in [0.1, 0.15) is 0 Å². The Morgan fingerprint density at radius 3 is 2.71 bits per heavy atom. The molecule has 10 nitrogen and oxygen atoms in total. The van der Waals surface area contributed by atoms with E-state index in [1.165, 1.54) is 24.9 Å². The standard InChI is InChI=1S/C18H22N6O4/c1-5-9-24-13-15(22(2)18(27)23(3)16(13)26)20-17(24)21-19-10-11-7-6-8-12(28-4)14(11)25/h6-8,10,25H,5,9H2,1-4H3,(H,20,21)/b19-10-. The Labute approximate surface area is 160 Å². The van der Waals surface area contributed by atoms with E-state index in [1.807, 2.05) is 6.92 Å². The van der Waals surface area contributed by atoms with E-state index >= 15 is 0 Å². The van der Waals surface area contributed by atoms with Crippen molar-refractivity contribution in [2.45, 2.75) is 19.9 Å². The zero-order chi connectivity index (χ0) is 20.4. The third-order valence-electron chi connectivity index (χ3n) is 4.41. The highest BCUT2D eigenvalue weighted by Crippen LogP contribution is 2.28. The Morgan fingerprint density at radius 2 is 2.04 bits per heavy atom. The molecule has 0 spiro atoms. The highest BCUT2D eigenvalue weighted by molar-refractivity contribution is 5.85. The smallest absolute Gasteiger partial charge is 0.332 e. The number of anilines is 1. The minimum atomic E-state index is -0.449. The lowest BCUT2D eigenvalue weighted by Crippen LogP contribution is -2.37. The average Bonchev–Trinajstić information content (AvgIpc) is 3.05. The number of ether oxygens (including phenoxy) is 1. The van der Waals surface area contributed by atoms with Crippen molar-refractivity contribution in [1.82, 2.24) is 18.7 Å². The lowest BCUT2D eigenvalue weighted by Gasteiger charge is -2.07. The van der Waals surface area contributed by atoms with Gasteiger partial charge in [-0.15, -0.1) is 0 Å². The number of benzene rings is 1. The molecule has 2 heterocycles. The van der Waals surface area contributed by atoms with Crippen LogP contribution in [0.5, 0.6) is 11.5 Å². The molecule has 2 aromatic heterocycles. The number of methoxy groups -OCH3 is 1. The minimum absolute atomic E-state index is 0.0334. The third-order valence-corrected chi connectivity index (χ3v) is 4.41. The van der Waals surface area contributed by atoms with Crippen molar-refractivity contribution in [1.29, 1.82) is 0 Å². The maximum absolute atomic E-state index is 12.6. The number of aromatic hydroxyl groups is 1. The average molecular weight is 386 g/mol. The highest BCUT2D eigenvalue weighted by Gasteiger charge is 2.18. The molecule has 0 atom stereocenters. The van der Waals surface area contributed by atoms with Gasteiger partial charge in [0.25, 0.3) is 5.56 Å². The summed E-state index contributed by atoms with van der Waals surface area (Å²) in [5, 5.41) is 14.2. The first kappa shape index (κ1) is 19.2. The molecule has 3 aromatic rings. The number of aryl methyl sites for hydroxylation is 2. The molecule has 0 fully saturated rings. The molecule has 2 N–H and O–H groups in total. The Hall–Kier alpha value is -3.56. The number of imidazole rings is 1. The lowest BCUT2D eigenvalue weighted by atomic mass is 10.2. The van der Waals surface area contributed by atoms with Gasteiger partial charge in [0.05, 0.1) is 13.3 Å². The number of hydrogen-bond donors (Lipinski definition) is 2. The fourth-order valence-corrected chi connectivity index (χ4v) is 2.94. The van der Waals surface area contributed by atoms with Crippen LogP contribution in [-0.4, -0.2) is 37.1 Å². The van der Waals surface area contributed by atoms with Crippen molar-refractivity contribution in [2.75, 3.05) is 12.5 Å². The molecule has 0 amide bonds. The SMILES string of the molecule is CCCn1c(N/N=C\c2cccc(OC)c2O)nc2c1c(=O)n(C)c(=O)n2C. The van der Waals surface area contributed by atoms with Crippen molar-refractivity contribution in [2.24, 2.45) is 19.2 Å². The molecule has 0 saturated heterocycles. The number of aromatic nitrogens is 4. The fraction of sp³-hybridized carbons (Fsp3) is 0.333. The third kappa shape index (κ3) is 3.13. The Morgan fingerprint density at radius 1 is 1.29 bits per heavy atom. The van der Waals surface area contributed by atoms with Gasteiger partial charge in [-0.05, 0) is 18.6 Å². The summed E-state index contributed by atoms with van der Waals surface area (Å²) in [6.45, 7) is 2.49. The number of rotatable bonds is 6. The molecule has 0 aliphatic rings. The van der Waals surface area contributed by atoms with Crippen molar-refractivity contribution >= 4 is 23.3 Å². The molecule has 0 aliphatic carbocycles. The van der Waals surface area contributed by atoms with Gasteiger partial charge in [-0.1, -0.05) is 13.0 Å². The second kappa shape index (κ2) is 7.59. The summed E-state index contributed by atoms with van der Waals surface area (Å²) in [5.74, 6) is 0.628. The monoisotopic (exact) mass is 386 g/mol. The van der Waals surface area contributed by atoms with E-state index < -0.39 is 11.2 Å². The van der Waals surface area contributed by atoms with Gasteiger partial charge < -0.3 is 14.4 Å². The topological polar surface area (TPSA) is 116 Å². The van der Waals surface area contributed by atoms with E-state index in [4.69, 9.17) is 4.74 Å². The highest BCUT2D eigenvalue weighted by atomic mass is 16.5. The number of nitrogens with one attached hydrogen (secondary N) is 1. The Kier molecular flexibility index (Phi) is 5.21. The van der Waals surface area contributed by atoms with Gasteiger partial charge in [-0.2, -0.15) is 10.1 Å². The maximum atomic E-state index is 12.6. The van der Waals surface area contributed by atoms with Gasteiger partial charge in [-0.25, -0.2) is 10.2 Å². The molecular weight excluding hydrogens is 364 g/mol. The zero-order valence-electron chi connectivity index (χ0n) is 16.1. The van der Waals surface area contributed by atoms with Crippen LogP contribution in [0.4, 0.5) is 5.95 Å². The number of para-hydroxylation sites is 1. The molecule has 10 heteroatoms. The van der Waals surface area contributed by atoms with E-state index in [0.29, 0.717) is 29.3 Å². The van der Waals surface area contributed by atoms with Crippen molar-refractivity contribution < 1.29 is 9.84 Å². The summed E-state index contributed by atoms with van der Waals surface area (Å²) in [6.07, 6.45) is 2.18. The predicted octanol–water partition coefficient (Wildman–Crippen LogP) is 1.00. The van der Waals surface area contributed by atoms with Gasteiger partial charge in [0.15, 0.2) is 22.7 Å². The Bertz CT molecular complexity index is 1170. The van der Waals surface area contributed by atoms with Crippen LogP contribution in [0.3, 0.4) is 0 Å². The summed E-state index contributed by atoms with van der Waals surface area (Å²) in [5.41, 5.74) is 3.00. The number of hydrazone groups is 1. The summed E-state index contributed by atoms with van der Waals surface area (Å²) in [7, 11) is 4.46. The second-order valence-electron chi connectivity index (χ2n) is 6.23. The van der Waals surface area contributed by atoms with Crippen LogP contribution in [0, 0.1) is 0 Å². The van der Waals surface area contributed by atoms with Crippen LogP contribution in [-0.2, 0) is 20.6 Å². The maximum Gasteiger partial charge on any atom is 0.332 e. The molecule has 0 unspecified atom stereocenters. The van der Waals surface area contributed by atoms with Crippen molar-refractivity contribution in [3.8, 4) is 11.5 Å². The van der Waals surface area contributed by atoms with Gasteiger partial charge in [0.2, 0.25) is 5.95 Å². The summed E-state index contributed by atoms with van der Waals surface area (Å²) < 4.78 is 9.14. The lowest BCUT2D eigenvalue weighted by molar-refractivity contribution is 0.373. The number of phenols is 1. The van der Waals surface area contributed by atoms with Gasteiger partial charge in [0, 0.05) is 26.2 Å². The molecule has 1 aromatic carbocycles. The molecule has 3 rings (SSSR count). The summed E-state index contributed by atoms with van der Waals surface area (Å²) >= 11 is 0. The Balaban J connectivity index is 2.05. The first-order chi connectivity index (χ1) is 13.4.